The predicted octanol–water partition coefficient (Wildman–Crippen LogP) is 3.72. The number of anilines is 1. The molecule has 9 heteroatoms. The van der Waals surface area contributed by atoms with Gasteiger partial charge in [0.15, 0.2) is 23.3 Å². The van der Waals surface area contributed by atoms with Crippen LogP contribution in [0.25, 0.3) is 0 Å². The number of carboxylic acids is 1. The molecule has 0 fully saturated rings. The van der Waals surface area contributed by atoms with Crippen molar-refractivity contribution >= 4 is 17.4 Å². The Hall–Kier alpha value is -3.10. The number of carbonyl (C=O) groups excluding carboxylic acids is 1. The van der Waals surface area contributed by atoms with Crippen LogP contribution in [0.2, 0.25) is 0 Å². The zero-order valence-corrected chi connectivity index (χ0v) is 14.3. The van der Waals surface area contributed by atoms with E-state index in [4.69, 9.17) is 5.11 Å². The Morgan fingerprint density at radius 3 is 1.89 bits per heavy atom. The van der Waals surface area contributed by atoms with Crippen LogP contribution in [0, 0.1) is 23.3 Å². The van der Waals surface area contributed by atoms with Gasteiger partial charge in [-0.25, -0.2) is 22.4 Å². The summed E-state index contributed by atoms with van der Waals surface area (Å²) in [5.41, 5.74) is -3.23. The van der Waals surface area contributed by atoms with E-state index in [1.165, 1.54) is 12.1 Å². The predicted molar refractivity (Wildman–Crippen MR) is 88.3 cm³/mol. The van der Waals surface area contributed by atoms with E-state index in [9.17, 15) is 32.3 Å². The molecule has 0 aromatic heterocycles. The second kappa shape index (κ2) is 7.65. The van der Waals surface area contributed by atoms with Gasteiger partial charge in [-0.05, 0) is 26.0 Å². The van der Waals surface area contributed by atoms with Gasteiger partial charge in [-0.3, -0.25) is 4.79 Å². The van der Waals surface area contributed by atoms with Crippen LogP contribution < -0.4 is 4.90 Å². The topological polar surface area (TPSA) is 77.8 Å². The van der Waals surface area contributed by atoms with Crippen molar-refractivity contribution in [3.63, 3.8) is 0 Å². The number of hydrogen-bond acceptors (Lipinski definition) is 4. The minimum Gasteiger partial charge on any atom is -0.507 e. The summed E-state index contributed by atoms with van der Waals surface area (Å²) in [5.74, 6) is -13.3. The van der Waals surface area contributed by atoms with Gasteiger partial charge in [0.05, 0.1) is 11.1 Å². The zero-order valence-electron chi connectivity index (χ0n) is 14.3. The number of aromatic hydroxyl groups is 1. The Morgan fingerprint density at radius 2 is 1.44 bits per heavy atom. The third-order valence-corrected chi connectivity index (χ3v) is 4.06. The summed E-state index contributed by atoms with van der Waals surface area (Å²) in [7, 11) is 0. The standard InChI is InChI=1S/C18H15F4NO4/c1-3-23(4-2)8-5-6-9(10(24)7-8)17(25)11-12(18(26)27)14(20)16(22)15(21)13(11)19/h5-7,24H,3-4H2,1-2H3,(H,26,27). The Labute approximate surface area is 151 Å². The monoisotopic (exact) mass is 385 g/mol. The molecule has 0 aliphatic heterocycles. The van der Waals surface area contributed by atoms with Crippen molar-refractivity contribution in [2.24, 2.45) is 0 Å². The van der Waals surface area contributed by atoms with Gasteiger partial charge < -0.3 is 15.1 Å². The molecule has 2 N–H and O–H groups in total. The van der Waals surface area contributed by atoms with E-state index in [1.807, 2.05) is 18.7 Å². The molecule has 2 aromatic rings. The molecular weight excluding hydrogens is 370 g/mol. The largest absolute Gasteiger partial charge is 0.507 e. The van der Waals surface area contributed by atoms with E-state index in [2.05, 4.69) is 0 Å². The van der Waals surface area contributed by atoms with Crippen molar-refractivity contribution in [2.45, 2.75) is 13.8 Å². The maximum Gasteiger partial charge on any atom is 0.339 e. The van der Waals surface area contributed by atoms with Crippen molar-refractivity contribution in [3.05, 3.63) is 58.2 Å². The zero-order chi connectivity index (χ0) is 20.5. The molecule has 0 heterocycles. The first-order valence-electron chi connectivity index (χ1n) is 7.87. The molecule has 0 bridgehead atoms. The number of benzene rings is 2. The quantitative estimate of drug-likeness (QED) is 0.343. The van der Waals surface area contributed by atoms with Crippen LogP contribution in [0.15, 0.2) is 18.2 Å². The van der Waals surface area contributed by atoms with Gasteiger partial charge in [0.1, 0.15) is 11.3 Å². The van der Waals surface area contributed by atoms with Crippen LogP contribution >= 0.6 is 0 Å². The van der Waals surface area contributed by atoms with Gasteiger partial charge in [0.2, 0.25) is 5.78 Å². The van der Waals surface area contributed by atoms with Crippen molar-refractivity contribution in [3.8, 4) is 5.75 Å². The molecule has 0 saturated heterocycles. The van der Waals surface area contributed by atoms with Crippen LogP contribution in [-0.4, -0.2) is 35.1 Å². The number of hydrogen-bond donors (Lipinski definition) is 2. The van der Waals surface area contributed by atoms with E-state index in [-0.39, 0.29) is 0 Å². The lowest BCUT2D eigenvalue weighted by Gasteiger charge is -2.21. The van der Waals surface area contributed by atoms with Crippen LogP contribution in [-0.2, 0) is 0 Å². The lowest BCUT2D eigenvalue weighted by molar-refractivity contribution is 0.0684. The fourth-order valence-corrected chi connectivity index (χ4v) is 2.68. The van der Waals surface area contributed by atoms with Gasteiger partial charge >= 0.3 is 5.97 Å². The molecule has 144 valence electrons. The van der Waals surface area contributed by atoms with Crippen molar-refractivity contribution < 1.29 is 37.4 Å². The maximum absolute atomic E-state index is 14.1. The number of carboxylic acid groups (broad SMARTS) is 1. The Morgan fingerprint density at radius 1 is 0.926 bits per heavy atom. The second-order valence-corrected chi connectivity index (χ2v) is 5.51. The molecule has 0 saturated carbocycles. The third kappa shape index (κ3) is 3.44. The second-order valence-electron chi connectivity index (χ2n) is 5.51. The molecule has 0 aliphatic rings. The van der Waals surface area contributed by atoms with E-state index in [0.717, 1.165) is 6.07 Å². The number of phenolic OH excluding ortho intramolecular Hbond substituents is 1. The minimum atomic E-state index is -2.34. The van der Waals surface area contributed by atoms with E-state index < -0.39 is 57.5 Å². The fraction of sp³-hybridized carbons (Fsp3) is 0.222. The van der Waals surface area contributed by atoms with Gasteiger partial charge in [-0.15, -0.1) is 0 Å². The van der Waals surface area contributed by atoms with Gasteiger partial charge in [-0.1, -0.05) is 0 Å². The number of aromatic carboxylic acids is 1. The summed E-state index contributed by atoms with van der Waals surface area (Å²) in [6, 6.07) is 3.64. The average molecular weight is 385 g/mol. The summed E-state index contributed by atoms with van der Waals surface area (Å²) in [6.45, 7) is 4.85. The molecule has 2 aromatic carbocycles. The summed E-state index contributed by atoms with van der Waals surface area (Å²) in [5, 5.41) is 19.1. The highest BCUT2D eigenvalue weighted by atomic mass is 19.2. The lowest BCUT2D eigenvalue weighted by atomic mass is 9.95. The molecule has 2 rings (SSSR count). The minimum absolute atomic E-state index is 0.518. The van der Waals surface area contributed by atoms with E-state index in [1.54, 1.807) is 0 Å². The first-order valence-corrected chi connectivity index (χ1v) is 7.87. The number of rotatable bonds is 6. The highest BCUT2D eigenvalue weighted by Gasteiger charge is 2.33. The van der Waals surface area contributed by atoms with Crippen molar-refractivity contribution in [1.82, 2.24) is 0 Å². The van der Waals surface area contributed by atoms with Gasteiger partial charge in [-0.2, -0.15) is 0 Å². The molecule has 0 amide bonds. The molecule has 0 aliphatic carbocycles. The molecule has 5 nitrogen and oxygen atoms in total. The molecular formula is C18H15F4NO4. The van der Waals surface area contributed by atoms with Crippen LogP contribution in [0.3, 0.4) is 0 Å². The van der Waals surface area contributed by atoms with E-state index >= 15 is 0 Å². The summed E-state index contributed by atoms with van der Waals surface area (Å²) >= 11 is 0. The van der Waals surface area contributed by atoms with Crippen LogP contribution in [0.4, 0.5) is 23.2 Å². The Kier molecular flexibility index (Phi) is 5.72. The van der Waals surface area contributed by atoms with Crippen LogP contribution in [0.1, 0.15) is 40.1 Å². The number of carbonyl (C=O) groups is 2. The van der Waals surface area contributed by atoms with E-state index in [0.29, 0.717) is 18.8 Å². The highest BCUT2D eigenvalue weighted by molar-refractivity contribution is 6.15. The average Bonchev–Trinajstić information content (AvgIpc) is 2.63. The Bertz CT molecular complexity index is 926. The van der Waals surface area contributed by atoms with Crippen molar-refractivity contribution in [2.75, 3.05) is 18.0 Å². The number of ketones is 1. The number of nitrogens with zero attached hydrogens (tertiary/aromatic N) is 1. The molecule has 27 heavy (non-hydrogen) atoms. The normalized spacial score (nSPS) is 10.7. The summed E-state index contributed by atoms with van der Waals surface area (Å²) in [4.78, 5) is 25.5. The molecule has 0 atom stereocenters. The maximum atomic E-state index is 14.1. The fourth-order valence-electron chi connectivity index (χ4n) is 2.68. The summed E-state index contributed by atoms with van der Waals surface area (Å²) < 4.78 is 54.8. The molecule has 0 spiro atoms. The van der Waals surface area contributed by atoms with Crippen LogP contribution in [0.5, 0.6) is 5.75 Å². The number of halogens is 4. The SMILES string of the molecule is CCN(CC)c1ccc(C(=O)c2c(F)c(F)c(F)c(F)c2C(=O)O)c(O)c1. The first-order chi connectivity index (χ1) is 12.6. The molecule has 0 radical (unpaired) electrons. The Balaban J connectivity index is 2.67. The third-order valence-electron chi connectivity index (χ3n) is 4.06. The first kappa shape index (κ1) is 20.2. The molecule has 0 unspecified atom stereocenters. The van der Waals surface area contributed by atoms with Gasteiger partial charge in [0.25, 0.3) is 0 Å². The lowest BCUT2D eigenvalue weighted by Crippen LogP contribution is -2.22. The summed E-state index contributed by atoms with van der Waals surface area (Å²) in [6.07, 6.45) is 0. The van der Waals surface area contributed by atoms with Gasteiger partial charge in [0, 0.05) is 24.8 Å². The number of phenols is 1. The highest BCUT2D eigenvalue weighted by Crippen LogP contribution is 2.31. The smallest absolute Gasteiger partial charge is 0.339 e. The van der Waals surface area contributed by atoms with Crippen molar-refractivity contribution in [1.29, 1.82) is 0 Å².